The average molecular weight is 229 g/mol. The van der Waals surface area contributed by atoms with Gasteiger partial charge in [-0.15, -0.1) is 0 Å². The summed E-state index contributed by atoms with van der Waals surface area (Å²) < 4.78 is 5.37. The minimum atomic E-state index is 0.630. The van der Waals surface area contributed by atoms with E-state index in [-0.39, 0.29) is 0 Å². The predicted octanol–water partition coefficient (Wildman–Crippen LogP) is 2.35. The van der Waals surface area contributed by atoms with Gasteiger partial charge >= 0.3 is 0 Å². The van der Waals surface area contributed by atoms with Crippen molar-refractivity contribution in [1.82, 2.24) is 5.32 Å². The van der Waals surface area contributed by atoms with Gasteiger partial charge in [-0.05, 0) is 32.2 Å². The van der Waals surface area contributed by atoms with Crippen LogP contribution in [-0.4, -0.2) is 27.4 Å². The van der Waals surface area contributed by atoms with Gasteiger partial charge in [-0.3, -0.25) is 0 Å². The van der Waals surface area contributed by atoms with Gasteiger partial charge < -0.3 is 15.0 Å². The number of halogens is 1. The summed E-state index contributed by atoms with van der Waals surface area (Å²) in [6.07, 6.45) is 0. The van der Waals surface area contributed by atoms with Crippen LogP contribution in [0.5, 0.6) is 5.75 Å². The van der Waals surface area contributed by atoms with Gasteiger partial charge in [0.15, 0.2) is 0 Å². The Morgan fingerprint density at radius 1 is 1.47 bits per heavy atom. The van der Waals surface area contributed by atoms with Crippen LogP contribution in [0.4, 0.5) is 5.69 Å². The van der Waals surface area contributed by atoms with Crippen LogP contribution >= 0.6 is 11.6 Å². The Kier molecular flexibility index (Phi) is 4.72. The molecule has 0 heterocycles. The summed E-state index contributed by atoms with van der Waals surface area (Å²) in [6, 6.07) is 5.80. The van der Waals surface area contributed by atoms with Gasteiger partial charge in [-0.25, -0.2) is 0 Å². The molecule has 84 valence electrons. The molecule has 0 fully saturated rings. The Hall–Kier alpha value is -0.930. The van der Waals surface area contributed by atoms with Crippen LogP contribution < -0.4 is 15.0 Å². The van der Waals surface area contributed by atoms with Crippen LogP contribution in [0.2, 0.25) is 5.02 Å². The molecular formula is C11H17ClN2O. The molecule has 0 saturated carbocycles. The van der Waals surface area contributed by atoms with Gasteiger partial charge in [0.1, 0.15) is 5.75 Å². The Morgan fingerprint density at radius 3 is 2.73 bits per heavy atom. The van der Waals surface area contributed by atoms with Gasteiger partial charge in [-0.1, -0.05) is 11.6 Å². The van der Waals surface area contributed by atoms with E-state index >= 15 is 0 Å². The van der Waals surface area contributed by atoms with Crippen molar-refractivity contribution in [2.45, 2.75) is 6.92 Å². The van der Waals surface area contributed by atoms with E-state index in [1.165, 1.54) is 0 Å². The largest absolute Gasteiger partial charge is 0.492 e. The highest BCUT2D eigenvalue weighted by Gasteiger charge is 2.05. The Labute approximate surface area is 96.0 Å². The van der Waals surface area contributed by atoms with Crippen molar-refractivity contribution in [1.29, 1.82) is 0 Å². The standard InChI is InChI=1S/C11H17ClN2O/c1-4-15-11-6-5-9(7-10(11)12)14(3)8-13-2/h5-7,13H,4,8H2,1-3H3. The first-order valence-corrected chi connectivity index (χ1v) is 5.35. The first kappa shape index (κ1) is 12.1. The highest BCUT2D eigenvalue weighted by atomic mass is 35.5. The van der Waals surface area contributed by atoms with Crippen molar-refractivity contribution in [2.75, 3.05) is 32.3 Å². The zero-order valence-corrected chi connectivity index (χ0v) is 10.1. The molecule has 1 rings (SSSR count). The third-order valence-corrected chi connectivity index (χ3v) is 2.35. The van der Waals surface area contributed by atoms with Gasteiger partial charge in [0.25, 0.3) is 0 Å². The molecular weight excluding hydrogens is 212 g/mol. The van der Waals surface area contributed by atoms with Crippen molar-refractivity contribution >= 4 is 17.3 Å². The maximum absolute atomic E-state index is 6.08. The molecule has 3 nitrogen and oxygen atoms in total. The second-order valence-corrected chi connectivity index (χ2v) is 3.66. The van der Waals surface area contributed by atoms with E-state index in [0.29, 0.717) is 11.6 Å². The topological polar surface area (TPSA) is 24.5 Å². The molecule has 0 unspecified atom stereocenters. The zero-order valence-electron chi connectivity index (χ0n) is 9.38. The SMILES string of the molecule is CCOc1ccc(N(C)CNC)cc1Cl. The maximum Gasteiger partial charge on any atom is 0.138 e. The molecule has 0 atom stereocenters. The highest BCUT2D eigenvalue weighted by Crippen LogP contribution is 2.28. The molecule has 1 aromatic rings. The van der Waals surface area contributed by atoms with Crippen molar-refractivity contribution in [3.63, 3.8) is 0 Å². The Morgan fingerprint density at radius 2 is 2.20 bits per heavy atom. The maximum atomic E-state index is 6.08. The number of ether oxygens (including phenoxy) is 1. The smallest absolute Gasteiger partial charge is 0.138 e. The zero-order chi connectivity index (χ0) is 11.3. The molecule has 0 saturated heterocycles. The molecule has 0 aromatic heterocycles. The fourth-order valence-electron chi connectivity index (χ4n) is 1.33. The van der Waals surface area contributed by atoms with Gasteiger partial charge in [0, 0.05) is 12.7 Å². The molecule has 1 aromatic carbocycles. The van der Waals surface area contributed by atoms with E-state index in [1.807, 2.05) is 39.2 Å². The van der Waals surface area contributed by atoms with E-state index in [4.69, 9.17) is 16.3 Å². The summed E-state index contributed by atoms with van der Waals surface area (Å²) in [5, 5.41) is 3.73. The summed E-state index contributed by atoms with van der Waals surface area (Å²) in [5.74, 6) is 0.737. The molecule has 15 heavy (non-hydrogen) atoms. The summed E-state index contributed by atoms with van der Waals surface area (Å²) in [5.41, 5.74) is 1.07. The fraction of sp³-hybridized carbons (Fsp3) is 0.455. The van der Waals surface area contributed by atoms with E-state index in [2.05, 4.69) is 10.2 Å². The minimum absolute atomic E-state index is 0.630. The molecule has 0 aliphatic heterocycles. The van der Waals surface area contributed by atoms with Crippen molar-refractivity contribution in [2.24, 2.45) is 0 Å². The first-order chi connectivity index (χ1) is 7.19. The lowest BCUT2D eigenvalue weighted by molar-refractivity contribution is 0.340. The molecule has 1 N–H and O–H groups in total. The average Bonchev–Trinajstić information content (AvgIpc) is 2.21. The van der Waals surface area contributed by atoms with Crippen LogP contribution in [0.1, 0.15) is 6.92 Å². The van der Waals surface area contributed by atoms with E-state index in [1.54, 1.807) is 0 Å². The Bertz CT molecular complexity index is 317. The first-order valence-electron chi connectivity index (χ1n) is 4.97. The summed E-state index contributed by atoms with van der Waals surface area (Å²) in [7, 11) is 3.91. The van der Waals surface area contributed by atoms with E-state index < -0.39 is 0 Å². The number of rotatable bonds is 5. The lowest BCUT2D eigenvalue weighted by Gasteiger charge is -2.19. The molecule has 0 bridgehead atoms. The van der Waals surface area contributed by atoms with Crippen LogP contribution in [0.25, 0.3) is 0 Å². The third-order valence-electron chi connectivity index (χ3n) is 2.05. The number of benzene rings is 1. The van der Waals surface area contributed by atoms with Gasteiger partial charge in [-0.2, -0.15) is 0 Å². The summed E-state index contributed by atoms with van der Waals surface area (Å²) >= 11 is 6.08. The minimum Gasteiger partial charge on any atom is -0.492 e. The van der Waals surface area contributed by atoms with E-state index in [9.17, 15) is 0 Å². The molecule has 0 amide bonds. The third kappa shape index (κ3) is 3.29. The van der Waals surface area contributed by atoms with Crippen molar-refractivity contribution < 1.29 is 4.74 Å². The summed E-state index contributed by atoms with van der Waals surface area (Å²) in [4.78, 5) is 2.07. The fourth-order valence-corrected chi connectivity index (χ4v) is 1.56. The number of nitrogens with one attached hydrogen (secondary N) is 1. The van der Waals surface area contributed by atoms with Gasteiger partial charge in [0.05, 0.1) is 18.3 Å². The number of anilines is 1. The molecule has 0 radical (unpaired) electrons. The van der Waals surface area contributed by atoms with Crippen molar-refractivity contribution in [3.05, 3.63) is 23.2 Å². The Balaban J connectivity index is 2.81. The van der Waals surface area contributed by atoms with Crippen LogP contribution in [-0.2, 0) is 0 Å². The summed E-state index contributed by atoms with van der Waals surface area (Å²) in [6.45, 7) is 3.35. The molecule has 0 spiro atoms. The van der Waals surface area contributed by atoms with E-state index in [0.717, 1.165) is 18.1 Å². The normalized spacial score (nSPS) is 10.1. The number of hydrogen-bond donors (Lipinski definition) is 1. The molecule has 0 aliphatic carbocycles. The highest BCUT2D eigenvalue weighted by molar-refractivity contribution is 6.32. The van der Waals surface area contributed by atoms with Crippen LogP contribution in [0, 0.1) is 0 Å². The monoisotopic (exact) mass is 228 g/mol. The lowest BCUT2D eigenvalue weighted by atomic mass is 10.3. The van der Waals surface area contributed by atoms with Crippen molar-refractivity contribution in [3.8, 4) is 5.75 Å². The lowest BCUT2D eigenvalue weighted by Crippen LogP contribution is -2.28. The quantitative estimate of drug-likeness (QED) is 0.784. The molecule has 4 heteroatoms. The van der Waals surface area contributed by atoms with Gasteiger partial charge in [0.2, 0.25) is 0 Å². The molecule has 0 aliphatic rings. The van der Waals surface area contributed by atoms with Crippen LogP contribution in [0.3, 0.4) is 0 Å². The predicted molar refractivity (Wildman–Crippen MR) is 65.0 cm³/mol. The number of hydrogen-bond acceptors (Lipinski definition) is 3. The second kappa shape index (κ2) is 5.83. The van der Waals surface area contributed by atoms with Crippen LogP contribution in [0.15, 0.2) is 18.2 Å². The number of nitrogens with zero attached hydrogens (tertiary/aromatic N) is 1. The second-order valence-electron chi connectivity index (χ2n) is 3.26.